The number of aliphatic hydroxyl groups is 1. The highest BCUT2D eigenvalue weighted by Gasteiger charge is 2.16. The lowest BCUT2D eigenvalue weighted by Gasteiger charge is -2.16. The maximum atomic E-state index is 13.3. The maximum absolute atomic E-state index is 13.3. The Hall–Kier alpha value is -4.48. The van der Waals surface area contributed by atoms with Crippen molar-refractivity contribution in [2.24, 2.45) is 0 Å². The smallest absolute Gasteiger partial charge is 0.355 e. The summed E-state index contributed by atoms with van der Waals surface area (Å²) < 4.78 is 7.70. The number of hydrogen-bond donors (Lipinski definition) is 3. The molecule has 2 heterocycles. The summed E-state index contributed by atoms with van der Waals surface area (Å²) in [5, 5.41) is 12.5. The van der Waals surface area contributed by atoms with Gasteiger partial charge in [-0.3, -0.25) is 14.2 Å². The van der Waals surface area contributed by atoms with E-state index >= 15 is 0 Å². The van der Waals surface area contributed by atoms with Crippen LogP contribution < -0.4 is 27.0 Å². The van der Waals surface area contributed by atoms with Crippen molar-refractivity contribution in [2.45, 2.75) is 25.9 Å². The van der Waals surface area contributed by atoms with Crippen molar-refractivity contribution >= 4 is 29.0 Å². The fraction of sp³-hybridized carbons (Fsp3) is 0.192. The number of carbonyl (C=O) groups excluding carboxylic acids is 1. The predicted octanol–water partition coefficient (Wildman–Crippen LogP) is 2.67. The number of anilines is 2. The van der Waals surface area contributed by atoms with E-state index in [9.17, 15) is 19.2 Å². The van der Waals surface area contributed by atoms with E-state index in [0.29, 0.717) is 22.2 Å². The van der Waals surface area contributed by atoms with Crippen molar-refractivity contribution in [3.05, 3.63) is 109 Å². The third kappa shape index (κ3) is 6.84. The van der Waals surface area contributed by atoms with Gasteiger partial charge in [0, 0.05) is 36.0 Å². The van der Waals surface area contributed by atoms with Gasteiger partial charge in [-0.1, -0.05) is 23.7 Å². The van der Waals surface area contributed by atoms with E-state index in [1.807, 2.05) is 0 Å². The first-order valence-corrected chi connectivity index (χ1v) is 12.0. The van der Waals surface area contributed by atoms with E-state index < -0.39 is 17.9 Å². The molecule has 11 nitrogen and oxygen atoms in total. The van der Waals surface area contributed by atoms with Crippen molar-refractivity contribution in [2.75, 3.05) is 11.9 Å². The number of Topliss-reactive ketones (excluding diaryl/α,β-unsaturated/α-hetero) is 1. The molecule has 2 aromatic heterocycles. The third-order valence-electron chi connectivity index (χ3n) is 5.44. The molecule has 12 heteroatoms. The second-order valence-electron chi connectivity index (χ2n) is 8.31. The molecule has 196 valence electrons. The second kappa shape index (κ2) is 12.2. The van der Waals surface area contributed by atoms with Crippen molar-refractivity contribution in [3.63, 3.8) is 0 Å². The Morgan fingerprint density at radius 1 is 1.00 bits per heavy atom. The van der Waals surface area contributed by atoms with Gasteiger partial charge in [-0.2, -0.15) is 4.98 Å². The lowest BCUT2D eigenvalue weighted by molar-refractivity contribution is -0.120. The molecule has 4 rings (SSSR count). The fourth-order valence-electron chi connectivity index (χ4n) is 3.57. The molecule has 0 spiro atoms. The first kappa shape index (κ1) is 26.6. The largest absolute Gasteiger partial charge is 0.457 e. The Kier molecular flexibility index (Phi) is 8.51. The van der Waals surface area contributed by atoms with Crippen LogP contribution in [0.4, 0.5) is 11.6 Å². The summed E-state index contributed by atoms with van der Waals surface area (Å²) in [5.41, 5.74) is -0.656. The van der Waals surface area contributed by atoms with Gasteiger partial charge in [-0.05, 0) is 54.4 Å². The number of aliphatic hydroxyl groups excluding tert-OH is 1. The van der Waals surface area contributed by atoms with Crippen molar-refractivity contribution in [1.82, 2.24) is 19.1 Å². The number of ketones is 1. The Morgan fingerprint density at radius 3 is 2.42 bits per heavy atom. The monoisotopic (exact) mass is 537 g/mol. The van der Waals surface area contributed by atoms with E-state index in [2.05, 4.69) is 15.3 Å². The van der Waals surface area contributed by atoms with E-state index in [0.717, 1.165) is 10.1 Å². The summed E-state index contributed by atoms with van der Waals surface area (Å²) >= 11 is 5.98. The lowest BCUT2D eigenvalue weighted by Crippen LogP contribution is -2.44. The molecule has 0 saturated heterocycles. The number of aromatic nitrogens is 4. The zero-order chi connectivity index (χ0) is 27.1. The van der Waals surface area contributed by atoms with Gasteiger partial charge in [0.25, 0.3) is 5.56 Å². The predicted molar refractivity (Wildman–Crippen MR) is 141 cm³/mol. The SMILES string of the molecule is O=C(CCCO)Cn1c(=O)nc(Nc2ccc(Oc3cc[nH]c(=O)c3)cc2)n(Cc2ccc(Cl)cc2)c1=O. The fourth-order valence-corrected chi connectivity index (χ4v) is 3.69. The van der Waals surface area contributed by atoms with Gasteiger partial charge in [0.15, 0.2) is 5.78 Å². The highest BCUT2D eigenvalue weighted by atomic mass is 35.5. The molecule has 0 aliphatic heterocycles. The maximum Gasteiger partial charge on any atom is 0.355 e. The van der Waals surface area contributed by atoms with Crippen LogP contribution in [0.3, 0.4) is 0 Å². The summed E-state index contributed by atoms with van der Waals surface area (Å²) in [5.74, 6) is 0.446. The number of carbonyl (C=O) groups is 1. The number of halogens is 1. The number of H-pyrrole nitrogens is 1. The summed E-state index contributed by atoms with van der Waals surface area (Å²) in [4.78, 5) is 56.3. The normalized spacial score (nSPS) is 10.8. The molecular formula is C26H24ClN5O6. The van der Waals surface area contributed by atoms with Crippen LogP contribution in [0.2, 0.25) is 5.02 Å². The van der Waals surface area contributed by atoms with E-state index in [1.165, 1.54) is 16.8 Å². The van der Waals surface area contributed by atoms with E-state index in [4.69, 9.17) is 21.4 Å². The lowest BCUT2D eigenvalue weighted by atomic mass is 10.2. The molecule has 38 heavy (non-hydrogen) atoms. The molecule has 0 amide bonds. The molecule has 3 N–H and O–H groups in total. The average molecular weight is 538 g/mol. The molecule has 0 atom stereocenters. The summed E-state index contributed by atoms with van der Waals surface area (Å²) in [6.45, 7) is -0.559. The molecule has 0 aliphatic rings. The number of rotatable bonds is 11. The molecule has 0 aliphatic carbocycles. The van der Waals surface area contributed by atoms with E-state index in [-0.39, 0.29) is 43.3 Å². The molecule has 0 bridgehead atoms. The minimum Gasteiger partial charge on any atom is -0.457 e. The third-order valence-corrected chi connectivity index (χ3v) is 5.70. The first-order valence-electron chi connectivity index (χ1n) is 11.6. The molecule has 0 fully saturated rings. The molecular weight excluding hydrogens is 514 g/mol. The van der Waals surface area contributed by atoms with Gasteiger partial charge in [-0.15, -0.1) is 0 Å². The van der Waals surface area contributed by atoms with Crippen LogP contribution in [-0.2, 0) is 17.9 Å². The Labute approximate surface area is 220 Å². The van der Waals surface area contributed by atoms with E-state index in [1.54, 1.807) is 54.6 Å². The highest BCUT2D eigenvalue weighted by Crippen LogP contribution is 2.23. The highest BCUT2D eigenvalue weighted by molar-refractivity contribution is 6.30. The van der Waals surface area contributed by atoms with Crippen LogP contribution in [0.1, 0.15) is 18.4 Å². The van der Waals surface area contributed by atoms with Crippen LogP contribution in [0.15, 0.2) is 81.2 Å². The zero-order valence-electron chi connectivity index (χ0n) is 20.1. The van der Waals surface area contributed by atoms with Crippen LogP contribution >= 0.6 is 11.6 Å². The number of nitrogens with zero attached hydrogens (tertiary/aromatic N) is 3. The number of pyridine rings is 1. The summed E-state index contributed by atoms with van der Waals surface area (Å²) in [6.07, 6.45) is 1.74. The quantitative estimate of drug-likeness (QED) is 0.264. The van der Waals surface area contributed by atoms with Gasteiger partial charge in [0.05, 0.1) is 13.1 Å². The van der Waals surface area contributed by atoms with Crippen LogP contribution in [0, 0.1) is 0 Å². The molecule has 0 unspecified atom stereocenters. The van der Waals surface area contributed by atoms with Crippen molar-refractivity contribution < 1.29 is 14.6 Å². The van der Waals surface area contributed by atoms with Gasteiger partial charge >= 0.3 is 11.4 Å². The van der Waals surface area contributed by atoms with Gasteiger partial charge in [0.1, 0.15) is 11.5 Å². The molecule has 0 saturated carbocycles. The minimum atomic E-state index is -0.878. The minimum absolute atomic E-state index is 0.0164. The van der Waals surface area contributed by atoms with Crippen molar-refractivity contribution in [1.29, 1.82) is 0 Å². The Balaban J connectivity index is 1.64. The van der Waals surface area contributed by atoms with Gasteiger partial charge in [0.2, 0.25) is 5.95 Å². The standard InChI is InChI=1S/C26H24ClN5O6/c27-18-5-3-17(4-6-18)15-31-24(30-25(36)32(26(31)37)16-20(34)2-1-13-33)29-19-7-9-21(10-8-19)38-22-11-12-28-23(35)14-22/h3-12,14,33H,1-2,13,15-16H2,(H,28,35)(H,29,30,36). The number of hydrogen-bond acceptors (Lipinski definition) is 8. The first-order chi connectivity index (χ1) is 18.3. The second-order valence-corrected chi connectivity index (χ2v) is 8.74. The molecule has 4 aromatic rings. The average Bonchev–Trinajstić information content (AvgIpc) is 2.90. The number of aromatic amines is 1. The van der Waals surface area contributed by atoms with Gasteiger partial charge < -0.3 is 20.1 Å². The van der Waals surface area contributed by atoms with Crippen molar-refractivity contribution in [3.8, 4) is 11.5 Å². The molecule has 0 radical (unpaired) electrons. The summed E-state index contributed by atoms with van der Waals surface area (Å²) in [6, 6.07) is 16.4. The molecule has 2 aromatic carbocycles. The number of ether oxygens (including phenoxy) is 1. The topological polar surface area (TPSA) is 148 Å². The number of nitrogens with one attached hydrogen (secondary N) is 2. The van der Waals surface area contributed by atoms with Crippen LogP contribution in [0.25, 0.3) is 0 Å². The summed E-state index contributed by atoms with van der Waals surface area (Å²) in [7, 11) is 0. The Bertz CT molecular complexity index is 1590. The zero-order valence-corrected chi connectivity index (χ0v) is 20.9. The number of benzene rings is 2. The van der Waals surface area contributed by atoms with Crippen LogP contribution in [0.5, 0.6) is 11.5 Å². The Morgan fingerprint density at radius 2 is 1.74 bits per heavy atom. The van der Waals surface area contributed by atoms with Crippen LogP contribution in [-0.4, -0.2) is 36.6 Å². The van der Waals surface area contributed by atoms with Gasteiger partial charge in [-0.25, -0.2) is 14.2 Å².